The van der Waals surface area contributed by atoms with Crippen molar-refractivity contribution < 1.29 is 4.42 Å². The van der Waals surface area contributed by atoms with E-state index in [0.29, 0.717) is 11.7 Å². The number of fused-ring (bicyclic) bond motifs is 1. The maximum Gasteiger partial charge on any atom is 0.156 e. The number of hydrogen-bond acceptors (Lipinski definition) is 3. The molecule has 0 spiro atoms. The van der Waals surface area contributed by atoms with Crippen molar-refractivity contribution in [3.05, 3.63) is 41.8 Å². The van der Waals surface area contributed by atoms with Gasteiger partial charge in [0.15, 0.2) is 5.76 Å². The lowest BCUT2D eigenvalue weighted by Crippen LogP contribution is -1.96. The van der Waals surface area contributed by atoms with Gasteiger partial charge in [-0.15, -0.1) is 0 Å². The van der Waals surface area contributed by atoms with E-state index < -0.39 is 0 Å². The lowest BCUT2D eigenvalue weighted by Gasteiger charge is -2.00. The monoisotopic (exact) mass is 267 g/mol. The summed E-state index contributed by atoms with van der Waals surface area (Å²) in [6.07, 6.45) is 1.21. The average Bonchev–Trinajstić information content (AvgIpc) is 2.87. The Morgan fingerprint density at radius 2 is 2.10 bits per heavy atom. The van der Waals surface area contributed by atoms with Gasteiger partial charge in [-0.2, -0.15) is 0 Å². The molecule has 0 amide bonds. The zero-order valence-corrected chi connectivity index (χ0v) is 11.6. The van der Waals surface area contributed by atoms with E-state index in [4.69, 9.17) is 10.2 Å². The topological polar surface area (TPSA) is 56.5 Å². The summed E-state index contributed by atoms with van der Waals surface area (Å²) >= 11 is 0. The number of rotatable bonds is 2. The fourth-order valence-corrected chi connectivity index (χ4v) is 2.86. The summed E-state index contributed by atoms with van der Waals surface area (Å²) in [6, 6.07) is 10.0. The summed E-state index contributed by atoms with van der Waals surface area (Å²) in [7, 11) is 0. The largest absolute Gasteiger partial charge is 0.459 e. The molecule has 3 aromatic rings. The number of nitrogen functional groups attached to an aromatic ring is 1. The molecular formula is C16H17N3O. The molecule has 2 atom stereocenters. The van der Waals surface area contributed by atoms with E-state index in [0.717, 1.165) is 34.5 Å². The maximum atomic E-state index is 6.24. The summed E-state index contributed by atoms with van der Waals surface area (Å²) in [6.45, 7) is 4.27. The summed E-state index contributed by atoms with van der Waals surface area (Å²) < 4.78 is 7.91. The van der Waals surface area contributed by atoms with Crippen LogP contribution in [0, 0.1) is 12.8 Å². The molecule has 0 aliphatic heterocycles. The molecular weight excluding hydrogens is 250 g/mol. The van der Waals surface area contributed by atoms with E-state index in [2.05, 4.69) is 18.0 Å². The highest BCUT2D eigenvalue weighted by Crippen LogP contribution is 2.48. The van der Waals surface area contributed by atoms with Crippen molar-refractivity contribution in [1.82, 2.24) is 9.38 Å². The van der Waals surface area contributed by atoms with Crippen molar-refractivity contribution in [2.45, 2.75) is 26.2 Å². The minimum absolute atomic E-state index is 0.573. The second kappa shape index (κ2) is 3.88. The van der Waals surface area contributed by atoms with Crippen molar-refractivity contribution in [3.63, 3.8) is 0 Å². The number of hydrogen-bond donors (Lipinski definition) is 1. The quantitative estimate of drug-likeness (QED) is 0.771. The van der Waals surface area contributed by atoms with Crippen LogP contribution in [0.2, 0.25) is 0 Å². The number of anilines is 1. The molecule has 0 radical (unpaired) electrons. The molecule has 102 valence electrons. The molecule has 1 saturated carbocycles. The maximum absolute atomic E-state index is 6.24. The first kappa shape index (κ1) is 11.6. The fourth-order valence-electron chi connectivity index (χ4n) is 2.86. The third-order valence-electron chi connectivity index (χ3n) is 4.21. The van der Waals surface area contributed by atoms with Crippen molar-refractivity contribution in [1.29, 1.82) is 0 Å². The predicted octanol–water partition coefficient (Wildman–Crippen LogP) is 3.61. The van der Waals surface area contributed by atoms with E-state index >= 15 is 0 Å². The highest BCUT2D eigenvalue weighted by molar-refractivity contribution is 5.72. The Balaban J connectivity index is 1.84. The molecule has 1 aliphatic rings. The van der Waals surface area contributed by atoms with E-state index in [9.17, 15) is 0 Å². The smallest absolute Gasteiger partial charge is 0.156 e. The molecule has 0 bridgehead atoms. The van der Waals surface area contributed by atoms with Gasteiger partial charge in [0.05, 0.1) is 0 Å². The van der Waals surface area contributed by atoms with Crippen LogP contribution in [0.3, 0.4) is 0 Å². The first-order chi connectivity index (χ1) is 9.65. The Bertz CT molecular complexity index is 799. The number of aromatic nitrogens is 2. The Morgan fingerprint density at radius 1 is 1.30 bits per heavy atom. The van der Waals surface area contributed by atoms with Crippen molar-refractivity contribution in [3.8, 4) is 11.5 Å². The van der Waals surface area contributed by atoms with E-state index in [-0.39, 0.29) is 0 Å². The van der Waals surface area contributed by atoms with Gasteiger partial charge >= 0.3 is 0 Å². The molecule has 4 rings (SSSR count). The Kier molecular flexibility index (Phi) is 2.25. The van der Waals surface area contributed by atoms with Gasteiger partial charge in [0, 0.05) is 11.6 Å². The summed E-state index contributed by atoms with van der Waals surface area (Å²) in [5.74, 6) is 3.77. The van der Waals surface area contributed by atoms with E-state index in [1.807, 2.05) is 35.6 Å². The van der Waals surface area contributed by atoms with Gasteiger partial charge < -0.3 is 10.2 Å². The molecule has 4 heteroatoms. The lowest BCUT2D eigenvalue weighted by atomic mass is 10.2. The van der Waals surface area contributed by atoms with Crippen molar-refractivity contribution in [2.24, 2.45) is 5.92 Å². The molecule has 0 aromatic carbocycles. The molecule has 20 heavy (non-hydrogen) atoms. The van der Waals surface area contributed by atoms with Crippen LogP contribution in [-0.4, -0.2) is 9.38 Å². The van der Waals surface area contributed by atoms with Crippen LogP contribution in [0.15, 0.2) is 34.7 Å². The predicted molar refractivity (Wildman–Crippen MR) is 78.6 cm³/mol. The Morgan fingerprint density at radius 3 is 2.80 bits per heavy atom. The van der Waals surface area contributed by atoms with Gasteiger partial charge in [-0.1, -0.05) is 13.0 Å². The highest BCUT2D eigenvalue weighted by atomic mass is 16.3. The van der Waals surface area contributed by atoms with Crippen LogP contribution < -0.4 is 5.73 Å². The summed E-state index contributed by atoms with van der Waals surface area (Å²) in [5.41, 5.74) is 8.90. The van der Waals surface area contributed by atoms with Crippen LogP contribution in [0.4, 0.5) is 5.82 Å². The highest BCUT2D eigenvalue weighted by Gasteiger charge is 2.36. The molecule has 1 aliphatic carbocycles. The number of furan rings is 1. The normalized spacial score (nSPS) is 21.5. The number of imidazole rings is 1. The zero-order valence-electron chi connectivity index (χ0n) is 11.6. The van der Waals surface area contributed by atoms with Crippen LogP contribution in [-0.2, 0) is 0 Å². The van der Waals surface area contributed by atoms with Crippen molar-refractivity contribution >= 4 is 11.5 Å². The second-order valence-corrected chi connectivity index (χ2v) is 5.73. The van der Waals surface area contributed by atoms with Gasteiger partial charge in [-0.3, -0.25) is 4.40 Å². The van der Waals surface area contributed by atoms with Crippen molar-refractivity contribution in [2.75, 3.05) is 5.73 Å². The van der Waals surface area contributed by atoms with Crippen LogP contribution in [0.25, 0.3) is 17.1 Å². The van der Waals surface area contributed by atoms with Gasteiger partial charge in [0.1, 0.15) is 22.9 Å². The molecule has 0 saturated heterocycles. The van der Waals surface area contributed by atoms with Gasteiger partial charge in [-0.05, 0) is 43.5 Å². The number of pyridine rings is 1. The molecule has 3 heterocycles. The van der Waals surface area contributed by atoms with Gasteiger partial charge in [0.25, 0.3) is 0 Å². The Labute approximate surface area is 117 Å². The molecule has 1 fully saturated rings. The summed E-state index contributed by atoms with van der Waals surface area (Å²) in [4.78, 5) is 4.60. The third kappa shape index (κ3) is 1.57. The van der Waals surface area contributed by atoms with Gasteiger partial charge in [-0.25, -0.2) is 4.98 Å². The number of nitrogens with zero attached hydrogens (tertiary/aromatic N) is 2. The average molecular weight is 267 g/mol. The fraction of sp³-hybridized carbons (Fsp3) is 0.312. The first-order valence-electron chi connectivity index (χ1n) is 6.99. The van der Waals surface area contributed by atoms with E-state index in [1.54, 1.807) is 0 Å². The Hall–Kier alpha value is -2.23. The second-order valence-electron chi connectivity index (χ2n) is 5.73. The molecule has 2 N–H and O–H groups in total. The zero-order chi connectivity index (χ0) is 13.9. The minimum atomic E-state index is 0.573. The third-order valence-corrected chi connectivity index (χ3v) is 4.21. The molecule has 2 unspecified atom stereocenters. The lowest BCUT2D eigenvalue weighted by molar-refractivity contribution is 0.517. The van der Waals surface area contributed by atoms with Crippen LogP contribution in [0.5, 0.6) is 0 Å². The van der Waals surface area contributed by atoms with Crippen LogP contribution >= 0.6 is 0 Å². The minimum Gasteiger partial charge on any atom is -0.459 e. The summed E-state index contributed by atoms with van der Waals surface area (Å²) in [5, 5.41) is 0. The SMILES string of the molecule is Cc1cccc2nc(-c3ccc(C4CC4C)o3)c(N)n12. The molecule has 3 aromatic heterocycles. The first-order valence-corrected chi connectivity index (χ1v) is 6.99. The van der Waals surface area contributed by atoms with Crippen LogP contribution in [0.1, 0.15) is 30.7 Å². The van der Waals surface area contributed by atoms with E-state index in [1.165, 1.54) is 6.42 Å². The molecule has 4 nitrogen and oxygen atoms in total. The standard InChI is InChI=1S/C16H17N3O/c1-9-8-11(9)12-6-7-13(20-12)15-16(17)19-10(2)4-3-5-14(19)18-15/h3-7,9,11H,8,17H2,1-2H3. The van der Waals surface area contributed by atoms with Gasteiger partial charge in [0.2, 0.25) is 0 Å². The number of nitrogens with two attached hydrogens (primary N) is 1. The number of aryl methyl sites for hydroxylation is 1.